The quantitative estimate of drug-likeness (QED) is 0.368. The van der Waals surface area contributed by atoms with E-state index in [0.717, 1.165) is 53.7 Å². The lowest BCUT2D eigenvalue weighted by molar-refractivity contribution is -0.941. The van der Waals surface area contributed by atoms with E-state index in [-0.39, 0.29) is 11.3 Å². The van der Waals surface area contributed by atoms with E-state index in [1.165, 1.54) is 30.5 Å². The number of unbranched alkanes of at least 4 members (excludes halogenated alkanes) is 1. The Balaban J connectivity index is 1.78. The van der Waals surface area contributed by atoms with E-state index >= 15 is 0 Å². The second-order valence-corrected chi connectivity index (χ2v) is 8.84. The average Bonchev–Trinajstić information content (AvgIpc) is 3.21. The summed E-state index contributed by atoms with van der Waals surface area (Å²) in [4.78, 5) is 12.2. The summed E-state index contributed by atoms with van der Waals surface area (Å²) in [5.41, 5.74) is 5.34. The van der Waals surface area contributed by atoms with Gasteiger partial charge in [-0.05, 0) is 30.5 Å². The van der Waals surface area contributed by atoms with Crippen molar-refractivity contribution >= 4 is 12.0 Å². The minimum Gasteiger partial charge on any atom is -0.506 e. The zero-order valence-corrected chi connectivity index (χ0v) is 16.3. The van der Waals surface area contributed by atoms with E-state index in [1.807, 2.05) is 6.07 Å². The number of fused-ring (bicyclic) bond motifs is 2. The summed E-state index contributed by atoms with van der Waals surface area (Å²) in [7, 11) is 0. The first-order chi connectivity index (χ1) is 13.1. The lowest BCUT2D eigenvalue weighted by Gasteiger charge is -2.53. The monoisotopic (exact) mass is 365 g/mol. The number of benzene rings is 1. The molecule has 2 fully saturated rings. The van der Waals surface area contributed by atoms with Crippen LogP contribution in [0.4, 0.5) is 5.69 Å². The van der Waals surface area contributed by atoms with Gasteiger partial charge in [-0.25, -0.2) is 0 Å². The maximum Gasteiger partial charge on any atom is 0.148 e. The number of nitrogens with one attached hydrogen (secondary N) is 1. The van der Waals surface area contributed by atoms with Crippen molar-refractivity contribution < 1.29 is 14.4 Å². The smallest absolute Gasteiger partial charge is 0.148 e. The molecular formula is C23H29N2O2+. The number of hydrogen-bond donors (Lipinski definition) is 2. The number of rotatable bonds is 4. The number of phenols is 1. The Morgan fingerprint density at radius 3 is 3.00 bits per heavy atom. The third-order valence-electron chi connectivity index (χ3n) is 7.92. The highest BCUT2D eigenvalue weighted by Crippen LogP contribution is 2.64. The molecule has 4 atom stereocenters. The number of para-hydroxylation sites is 1. The highest BCUT2D eigenvalue weighted by molar-refractivity contribution is 5.85. The molecule has 3 heterocycles. The first-order valence-electron chi connectivity index (χ1n) is 10.4. The van der Waals surface area contributed by atoms with Gasteiger partial charge in [-0.1, -0.05) is 31.6 Å². The third-order valence-corrected chi connectivity index (χ3v) is 7.92. The van der Waals surface area contributed by atoms with Crippen LogP contribution in [0.15, 0.2) is 41.1 Å². The molecule has 4 aliphatic rings. The van der Waals surface area contributed by atoms with Crippen molar-refractivity contribution in [1.82, 2.24) is 0 Å². The fourth-order valence-electron chi connectivity index (χ4n) is 6.76. The van der Waals surface area contributed by atoms with Crippen LogP contribution in [-0.2, 0) is 10.2 Å². The molecule has 1 aromatic carbocycles. The van der Waals surface area contributed by atoms with E-state index in [2.05, 4.69) is 31.3 Å². The molecule has 27 heavy (non-hydrogen) atoms. The minimum atomic E-state index is -0.131. The van der Waals surface area contributed by atoms with E-state index in [1.54, 1.807) is 6.07 Å². The Labute approximate surface area is 161 Å². The summed E-state index contributed by atoms with van der Waals surface area (Å²) >= 11 is 0. The number of hydrogen-bond acceptors (Lipinski definition) is 3. The number of phenolic OH excluding ortho intramolecular Hbond substituents is 1. The number of allylic oxidation sites excluding steroid dienone is 2. The topological polar surface area (TPSA) is 49.3 Å². The van der Waals surface area contributed by atoms with Gasteiger partial charge in [-0.3, -0.25) is 4.79 Å². The van der Waals surface area contributed by atoms with Crippen LogP contribution in [0.5, 0.6) is 5.75 Å². The van der Waals surface area contributed by atoms with Gasteiger partial charge >= 0.3 is 0 Å². The van der Waals surface area contributed by atoms with Crippen molar-refractivity contribution in [2.24, 2.45) is 5.92 Å². The highest BCUT2D eigenvalue weighted by atomic mass is 16.3. The fraction of sp³-hybridized carbons (Fsp3) is 0.522. The van der Waals surface area contributed by atoms with E-state index in [9.17, 15) is 9.90 Å². The van der Waals surface area contributed by atoms with Crippen LogP contribution in [0, 0.1) is 5.92 Å². The molecule has 5 rings (SSSR count). The Hall–Kier alpha value is -2.07. The van der Waals surface area contributed by atoms with Crippen LogP contribution in [-0.4, -0.2) is 41.6 Å². The summed E-state index contributed by atoms with van der Waals surface area (Å²) < 4.78 is 1.15. The molecule has 0 aromatic heterocycles. The molecule has 0 saturated carbocycles. The van der Waals surface area contributed by atoms with Crippen LogP contribution in [0.3, 0.4) is 0 Å². The summed E-state index contributed by atoms with van der Waals surface area (Å²) in [5.74, 6) is 0.531. The minimum absolute atomic E-state index is 0.131. The van der Waals surface area contributed by atoms with Gasteiger partial charge < -0.3 is 14.9 Å². The molecule has 2 bridgehead atoms. The maximum absolute atomic E-state index is 12.2. The van der Waals surface area contributed by atoms with E-state index in [0.29, 0.717) is 11.8 Å². The Morgan fingerprint density at radius 1 is 1.41 bits per heavy atom. The molecule has 0 radical (unpaired) electrons. The number of carbonyl (C=O) groups is 1. The number of nitrogens with zero attached hydrogens (tertiary/aromatic N) is 1. The van der Waals surface area contributed by atoms with Gasteiger partial charge in [0.25, 0.3) is 0 Å². The molecule has 1 aliphatic carbocycles. The fourth-order valence-corrected chi connectivity index (χ4v) is 6.76. The van der Waals surface area contributed by atoms with Crippen LogP contribution in [0.1, 0.15) is 45.1 Å². The molecule has 4 nitrogen and oxygen atoms in total. The Morgan fingerprint density at radius 2 is 2.26 bits per heavy atom. The van der Waals surface area contributed by atoms with Crippen molar-refractivity contribution in [2.45, 2.75) is 51.0 Å². The van der Waals surface area contributed by atoms with Gasteiger partial charge in [0.15, 0.2) is 0 Å². The van der Waals surface area contributed by atoms with E-state index < -0.39 is 0 Å². The van der Waals surface area contributed by atoms with Gasteiger partial charge in [-0.2, -0.15) is 0 Å². The molecule has 1 unspecified atom stereocenters. The molecule has 1 spiro atoms. The zero-order chi connectivity index (χ0) is 18.8. The van der Waals surface area contributed by atoms with Crippen LogP contribution >= 0.6 is 0 Å². The predicted molar refractivity (Wildman–Crippen MR) is 107 cm³/mol. The molecule has 2 saturated heterocycles. The number of anilines is 1. The molecule has 2 N–H and O–H groups in total. The first-order valence-corrected chi connectivity index (χ1v) is 10.4. The van der Waals surface area contributed by atoms with Gasteiger partial charge in [0.05, 0.1) is 24.2 Å². The van der Waals surface area contributed by atoms with Crippen LogP contribution in [0.25, 0.3) is 0 Å². The van der Waals surface area contributed by atoms with Crippen LogP contribution in [0.2, 0.25) is 0 Å². The van der Waals surface area contributed by atoms with Crippen LogP contribution < -0.4 is 5.32 Å². The molecular weight excluding hydrogens is 336 g/mol. The van der Waals surface area contributed by atoms with Crippen molar-refractivity contribution in [1.29, 1.82) is 0 Å². The number of quaternary nitrogens is 1. The summed E-state index contributed by atoms with van der Waals surface area (Å²) in [5, 5.41) is 14.0. The lowest BCUT2D eigenvalue weighted by atomic mass is 9.61. The number of piperidine rings is 1. The second-order valence-electron chi connectivity index (χ2n) is 8.84. The molecule has 3 aliphatic heterocycles. The average molecular weight is 365 g/mol. The summed E-state index contributed by atoms with van der Waals surface area (Å²) in [6, 6.07) is 6.37. The van der Waals surface area contributed by atoms with Crippen molar-refractivity contribution in [3.8, 4) is 5.75 Å². The van der Waals surface area contributed by atoms with Gasteiger partial charge in [0, 0.05) is 30.0 Å². The predicted octanol–water partition coefficient (Wildman–Crippen LogP) is 3.88. The Kier molecular flexibility index (Phi) is 3.61. The lowest BCUT2D eigenvalue weighted by Crippen LogP contribution is -2.63. The van der Waals surface area contributed by atoms with Crippen molar-refractivity contribution in [3.63, 3.8) is 0 Å². The number of aromatic hydroxyl groups is 1. The highest BCUT2D eigenvalue weighted by Gasteiger charge is 2.68. The first kappa shape index (κ1) is 17.1. The number of aldehydes is 1. The zero-order valence-electron chi connectivity index (χ0n) is 16.3. The molecule has 0 amide bonds. The normalized spacial score (nSPS) is 37.2. The molecule has 142 valence electrons. The summed E-state index contributed by atoms with van der Waals surface area (Å²) in [6.45, 7) is 7.84. The largest absolute Gasteiger partial charge is 0.506 e. The maximum atomic E-state index is 12.2. The number of carbonyl (C=O) groups excluding carboxylic acids is 1. The van der Waals surface area contributed by atoms with E-state index in [4.69, 9.17) is 0 Å². The Bertz CT molecular complexity index is 886. The van der Waals surface area contributed by atoms with Crippen molar-refractivity contribution in [2.75, 3.05) is 25.0 Å². The standard InChI is InChI=1S/C23H28N2O2/c1-3-5-10-25-11-9-23-18-7-6-8-19(27)21(18)24-22(23)17(14-26)16(12-20(23)25)15(4-2)13-25/h4,6-8,14,16,20H,3,5,9-13H2,1-2H3,(H-,24,26,27)/p+1/t16-,20-,23+,25?/m0/s1. The molecule has 4 heteroatoms. The van der Waals surface area contributed by atoms with Gasteiger partial charge in [-0.15, -0.1) is 0 Å². The van der Waals surface area contributed by atoms with Gasteiger partial charge in [0.2, 0.25) is 0 Å². The SMILES string of the molecule is CC=C1C[N+]2(CCCC)CC[C@]34C(=C(C=O)[C@H]1C[C@@H]32)Nc1c(O)cccc14. The summed E-state index contributed by atoms with van der Waals surface area (Å²) in [6.07, 6.45) is 7.91. The third kappa shape index (κ3) is 1.94. The second kappa shape index (κ2) is 5.71. The van der Waals surface area contributed by atoms with Crippen molar-refractivity contribution in [3.05, 3.63) is 46.7 Å². The van der Waals surface area contributed by atoms with Gasteiger partial charge in [0.1, 0.15) is 24.6 Å². The molecule has 1 aromatic rings.